The van der Waals surface area contributed by atoms with Gasteiger partial charge in [0.25, 0.3) is 5.91 Å². The molecule has 0 saturated carbocycles. The molecule has 116 valence electrons. The Morgan fingerprint density at radius 2 is 2.00 bits per heavy atom. The van der Waals surface area contributed by atoms with E-state index in [9.17, 15) is 9.59 Å². The van der Waals surface area contributed by atoms with Gasteiger partial charge in [0.05, 0.1) is 25.7 Å². The van der Waals surface area contributed by atoms with E-state index in [1.807, 2.05) is 0 Å². The van der Waals surface area contributed by atoms with E-state index in [1.54, 1.807) is 19.1 Å². The van der Waals surface area contributed by atoms with Gasteiger partial charge in [0.2, 0.25) is 0 Å². The number of ether oxygens (including phenoxy) is 1. The number of carboxylic acids is 1. The molecule has 1 heterocycles. The predicted molar refractivity (Wildman–Crippen MR) is 74.8 cm³/mol. The van der Waals surface area contributed by atoms with Gasteiger partial charge in [0.1, 0.15) is 0 Å². The Morgan fingerprint density at radius 3 is 2.57 bits per heavy atom. The van der Waals surface area contributed by atoms with Crippen molar-refractivity contribution in [2.24, 2.45) is 5.92 Å². The van der Waals surface area contributed by atoms with Crippen LogP contribution in [0.1, 0.15) is 17.3 Å². The quantitative estimate of drug-likeness (QED) is 0.634. The van der Waals surface area contributed by atoms with Gasteiger partial charge in [-0.25, -0.2) is 0 Å². The van der Waals surface area contributed by atoms with Crippen LogP contribution in [-0.2, 0) is 9.53 Å². The number of carbonyl (C=O) groups excluding carboxylic acids is 1. The van der Waals surface area contributed by atoms with E-state index in [-0.39, 0.29) is 38.8 Å². The summed E-state index contributed by atoms with van der Waals surface area (Å²) in [6.45, 7) is 2.24. The lowest BCUT2D eigenvalue weighted by atomic mass is 10.1. The third-order valence-electron chi connectivity index (χ3n) is 2.87. The van der Waals surface area contributed by atoms with Crippen LogP contribution in [0.25, 0.3) is 0 Å². The SMILES string of the molecule is CC(CN(CCOCCO)C(=O)c1ccncc1)C(=O)O. The van der Waals surface area contributed by atoms with Crippen LogP contribution in [0.2, 0.25) is 0 Å². The van der Waals surface area contributed by atoms with Gasteiger partial charge in [0, 0.05) is 31.0 Å². The van der Waals surface area contributed by atoms with Crippen molar-refractivity contribution in [3.63, 3.8) is 0 Å². The molecule has 0 radical (unpaired) electrons. The molecule has 1 aromatic heterocycles. The van der Waals surface area contributed by atoms with Crippen molar-refractivity contribution in [3.05, 3.63) is 30.1 Å². The standard InChI is InChI=1S/C14H20N2O5/c1-11(14(19)20)10-16(6-8-21-9-7-17)13(18)12-2-4-15-5-3-12/h2-5,11,17H,6-10H2,1H3,(H,19,20). The number of carbonyl (C=O) groups is 2. The number of aromatic nitrogens is 1. The van der Waals surface area contributed by atoms with E-state index in [1.165, 1.54) is 17.3 Å². The second-order valence-electron chi connectivity index (χ2n) is 4.56. The van der Waals surface area contributed by atoms with Crippen molar-refractivity contribution in [1.29, 1.82) is 0 Å². The molecule has 0 aromatic carbocycles. The summed E-state index contributed by atoms with van der Waals surface area (Å²) in [5, 5.41) is 17.6. The van der Waals surface area contributed by atoms with Gasteiger partial charge in [-0.3, -0.25) is 14.6 Å². The van der Waals surface area contributed by atoms with Crippen molar-refractivity contribution in [2.75, 3.05) is 32.9 Å². The Balaban J connectivity index is 2.70. The highest BCUT2D eigenvalue weighted by molar-refractivity contribution is 5.94. The van der Waals surface area contributed by atoms with Crippen molar-refractivity contribution >= 4 is 11.9 Å². The molecule has 21 heavy (non-hydrogen) atoms. The second kappa shape index (κ2) is 9.04. The van der Waals surface area contributed by atoms with Crippen LogP contribution in [0.5, 0.6) is 0 Å². The maximum Gasteiger partial charge on any atom is 0.308 e. The highest BCUT2D eigenvalue weighted by atomic mass is 16.5. The monoisotopic (exact) mass is 296 g/mol. The maximum atomic E-state index is 12.4. The highest BCUT2D eigenvalue weighted by Crippen LogP contribution is 2.07. The highest BCUT2D eigenvalue weighted by Gasteiger charge is 2.21. The smallest absolute Gasteiger partial charge is 0.308 e. The minimum absolute atomic E-state index is 0.0934. The first-order valence-electron chi connectivity index (χ1n) is 6.67. The number of hydrogen-bond acceptors (Lipinski definition) is 5. The van der Waals surface area contributed by atoms with E-state index in [0.717, 1.165) is 0 Å². The van der Waals surface area contributed by atoms with Crippen molar-refractivity contribution in [1.82, 2.24) is 9.88 Å². The van der Waals surface area contributed by atoms with Crippen LogP contribution < -0.4 is 0 Å². The van der Waals surface area contributed by atoms with Gasteiger partial charge in [-0.15, -0.1) is 0 Å². The molecule has 0 aliphatic heterocycles. The van der Waals surface area contributed by atoms with Crippen LogP contribution in [0.3, 0.4) is 0 Å². The molecule has 1 atom stereocenters. The third-order valence-corrected chi connectivity index (χ3v) is 2.87. The van der Waals surface area contributed by atoms with Crippen molar-refractivity contribution < 1.29 is 24.5 Å². The van der Waals surface area contributed by atoms with E-state index in [0.29, 0.717) is 5.56 Å². The summed E-state index contributed by atoms with van der Waals surface area (Å²) < 4.78 is 5.14. The second-order valence-corrected chi connectivity index (χ2v) is 4.56. The Bertz CT molecular complexity index is 452. The lowest BCUT2D eigenvalue weighted by Gasteiger charge is -2.24. The Morgan fingerprint density at radius 1 is 1.33 bits per heavy atom. The zero-order valence-electron chi connectivity index (χ0n) is 11.9. The van der Waals surface area contributed by atoms with Gasteiger partial charge >= 0.3 is 5.97 Å². The fraction of sp³-hybridized carbons (Fsp3) is 0.500. The van der Waals surface area contributed by atoms with E-state index >= 15 is 0 Å². The fourth-order valence-electron chi connectivity index (χ4n) is 1.70. The Labute approximate surface area is 123 Å². The average Bonchev–Trinajstić information content (AvgIpc) is 2.50. The van der Waals surface area contributed by atoms with E-state index < -0.39 is 11.9 Å². The predicted octanol–water partition coefficient (Wildman–Crippen LogP) is 0.253. The van der Waals surface area contributed by atoms with Crippen LogP contribution in [-0.4, -0.2) is 64.9 Å². The molecule has 0 aliphatic rings. The van der Waals surface area contributed by atoms with Gasteiger partial charge < -0.3 is 19.8 Å². The van der Waals surface area contributed by atoms with Gasteiger partial charge in [-0.2, -0.15) is 0 Å². The minimum Gasteiger partial charge on any atom is -0.481 e. The molecular weight excluding hydrogens is 276 g/mol. The first-order chi connectivity index (χ1) is 10.1. The fourth-order valence-corrected chi connectivity index (χ4v) is 1.70. The number of rotatable bonds is 9. The number of pyridine rings is 1. The summed E-state index contributed by atoms with van der Waals surface area (Å²) in [5.41, 5.74) is 0.449. The van der Waals surface area contributed by atoms with Crippen LogP contribution >= 0.6 is 0 Å². The number of aliphatic hydroxyl groups is 1. The molecule has 1 amide bonds. The first-order valence-corrected chi connectivity index (χ1v) is 6.67. The van der Waals surface area contributed by atoms with Gasteiger partial charge in [-0.1, -0.05) is 6.92 Å². The molecule has 0 spiro atoms. The molecular formula is C14H20N2O5. The molecule has 1 rings (SSSR count). The summed E-state index contributed by atoms with van der Waals surface area (Å²) >= 11 is 0. The van der Waals surface area contributed by atoms with Crippen molar-refractivity contribution in [2.45, 2.75) is 6.92 Å². The summed E-state index contributed by atoms with van der Waals surface area (Å²) in [6.07, 6.45) is 3.02. The Hall–Kier alpha value is -1.99. The molecule has 0 fully saturated rings. The summed E-state index contributed by atoms with van der Waals surface area (Å²) in [4.78, 5) is 28.6. The normalized spacial score (nSPS) is 11.9. The molecule has 1 aromatic rings. The molecule has 0 bridgehead atoms. The first kappa shape index (κ1) is 17.1. The minimum atomic E-state index is -0.959. The molecule has 0 aliphatic carbocycles. The van der Waals surface area contributed by atoms with Crippen LogP contribution in [0.4, 0.5) is 0 Å². The number of aliphatic hydroxyl groups excluding tert-OH is 1. The maximum absolute atomic E-state index is 12.4. The zero-order chi connectivity index (χ0) is 15.7. The topological polar surface area (TPSA) is 100.0 Å². The number of carboxylic acid groups (broad SMARTS) is 1. The van der Waals surface area contributed by atoms with Crippen LogP contribution in [0, 0.1) is 5.92 Å². The van der Waals surface area contributed by atoms with E-state index in [2.05, 4.69) is 4.98 Å². The van der Waals surface area contributed by atoms with Crippen LogP contribution in [0.15, 0.2) is 24.5 Å². The summed E-state index contributed by atoms with van der Waals surface area (Å²) in [7, 11) is 0. The molecule has 7 nitrogen and oxygen atoms in total. The summed E-state index contributed by atoms with van der Waals surface area (Å²) in [5.74, 6) is -1.90. The molecule has 1 unspecified atom stereocenters. The average molecular weight is 296 g/mol. The lowest BCUT2D eigenvalue weighted by Crippen LogP contribution is -2.39. The lowest BCUT2D eigenvalue weighted by molar-refractivity contribution is -0.141. The van der Waals surface area contributed by atoms with E-state index in [4.69, 9.17) is 14.9 Å². The van der Waals surface area contributed by atoms with Gasteiger partial charge in [0.15, 0.2) is 0 Å². The molecule has 0 saturated heterocycles. The van der Waals surface area contributed by atoms with Gasteiger partial charge in [-0.05, 0) is 12.1 Å². The Kier molecular flexibility index (Phi) is 7.34. The third kappa shape index (κ3) is 5.88. The number of amides is 1. The summed E-state index contributed by atoms with van der Waals surface area (Å²) in [6, 6.07) is 3.16. The molecule has 7 heteroatoms. The number of nitrogens with zero attached hydrogens (tertiary/aromatic N) is 2. The largest absolute Gasteiger partial charge is 0.481 e. The van der Waals surface area contributed by atoms with Crippen molar-refractivity contribution in [3.8, 4) is 0 Å². The molecule has 2 N–H and O–H groups in total. The number of aliphatic carboxylic acids is 1. The zero-order valence-corrected chi connectivity index (χ0v) is 11.9. The number of hydrogen-bond donors (Lipinski definition) is 2.